The molecular formula is C16H22N4O3. The molecule has 124 valence electrons. The van der Waals surface area contributed by atoms with Crippen LogP contribution in [0.1, 0.15) is 62.6 Å². The zero-order valence-corrected chi connectivity index (χ0v) is 14.0. The van der Waals surface area contributed by atoms with Gasteiger partial charge in [0.05, 0.1) is 17.1 Å². The number of pyridine rings is 1. The molecule has 0 bridgehead atoms. The Kier molecular flexibility index (Phi) is 4.68. The van der Waals surface area contributed by atoms with Crippen LogP contribution in [0.3, 0.4) is 0 Å². The topological polar surface area (TPSA) is 100 Å². The molecule has 7 heteroatoms. The highest BCUT2D eigenvalue weighted by atomic mass is 16.5. The monoisotopic (exact) mass is 318 g/mol. The molecule has 0 saturated carbocycles. The van der Waals surface area contributed by atoms with Crippen LogP contribution in [0.4, 0.5) is 0 Å². The van der Waals surface area contributed by atoms with Crippen molar-refractivity contribution >= 4 is 22.9 Å². The van der Waals surface area contributed by atoms with Gasteiger partial charge in [0, 0.05) is 11.7 Å². The normalized spacial score (nSPS) is 12.8. The summed E-state index contributed by atoms with van der Waals surface area (Å²) in [6.07, 6.45) is 0.603. The molecule has 2 aromatic heterocycles. The van der Waals surface area contributed by atoms with Crippen molar-refractivity contribution in [3.8, 4) is 0 Å². The summed E-state index contributed by atoms with van der Waals surface area (Å²) in [6, 6.07) is 1.80. The van der Waals surface area contributed by atoms with E-state index in [1.807, 2.05) is 27.7 Å². The summed E-state index contributed by atoms with van der Waals surface area (Å²) in [5, 5.41) is 4.91. The number of nitrogens with two attached hydrogens (primary N) is 1. The molecule has 0 fully saturated rings. The van der Waals surface area contributed by atoms with E-state index in [1.54, 1.807) is 16.9 Å². The third-order valence-corrected chi connectivity index (χ3v) is 3.57. The summed E-state index contributed by atoms with van der Waals surface area (Å²) in [7, 11) is 0. The van der Waals surface area contributed by atoms with Crippen molar-refractivity contribution in [3.05, 3.63) is 23.5 Å². The smallest absolute Gasteiger partial charge is 0.339 e. The maximum Gasteiger partial charge on any atom is 0.339 e. The van der Waals surface area contributed by atoms with Crippen LogP contribution in [-0.4, -0.2) is 32.7 Å². The lowest BCUT2D eigenvalue weighted by molar-refractivity contribution is -0.125. The Hall–Kier alpha value is -2.44. The van der Waals surface area contributed by atoms with E-state index in [4.69, 9.17) is 10.5 Å². The van der Waals surface area contributed by atoms with E-state index >= 15 is 0 Å². The quantitative estimate of drug-likeness (QED) is 0.851. The Morgan fingerprint density at radius 3 is 2.39 bits per heavy atom. The molecule has 2 heterocycles. The van der Waals surface area contributed by atoms with Crippen LogP contribution in [0.2, 0.25) is 0 Å². The van der Waals surface area contributed by atoms with Crippen molar-refractivity contribution in [2.45, 2.75) is 52.7 Å². The number of nitrogens with zero attached hydrogens (tertiary/aromatic N) is 3. The number of esters is 1. The Morgan fingerprint density at radius 2 is 1.87 bits per heavy atom. The van der Waals surface area contributed by atoms with Gasteiger partial charge in [0.2, 0.25) is 0 Å². The fraction of sp³-hybridized carbons (Fsp3) is 0.500. The second-order valence-corrected chi connectivity index (χ2v) is 6.12. The number of carbonyl (C=O) groups is 2. The number of primary amides is 1. The third-order valence-electron chi connectivity index (χ3n) is 3.57. The first kappa shape index (κ1) is 16.9. The molecule has 7 nitrogen and oxygen atoms in total. The number of ether oxygens (including phenoxy) is 1. The predicted molar refractivity (Wildman–Crippen MR) is 86.1 cm³/mol. The maximum atomic E-state index is 12.4. The highest BCUT2D eigenvalue weighted by molar-refractivity contribution is 6.03. The molecule has 0 spiro atoms. The van der Waals surface area contributed by atoms with Gasteiger partial charge < -0.3 is 10.5 Å². The van der Waals surface area contributed by atoms with E-state index < -0.39 is 18.0 Å². The van der Waals surface area contributed by atoms with Gasteiger partial charge in [-0.2, -0.15) is 5.10 Å². The van der Waals surface area contributed by atoms with Gasteiger partial charge in [0.1, 0.15) is 0 Å². The lowest BCUT2D eigenvalue weighted by atomic mass is 10.1. The molecule has 2 rings (SSSR count). The number of hydrogen-bond donors (Lipinski definition) is 1. The predicted octanol–water partition coefficient (Wildman–Crippen LogP) is 2.17. The molecule has 2 aromatic rings. The Balaban J connectivity index is 2.57. The van der Waals surface area contributed by atoms with Gasteiger partial charge >= 0.3 is 5.97 Å². The van der Waals surface area contributed by atoms with E-state index in [2.05, 4.69) is 10.1 Å². The zero-order chi connectivity index (χ0) is 17.3. The Bertz CT molecular complexity index is 749. The summed E-state index contributed by atoms with van der Waals surface area (Å²) >= 11 is 0. The van der Waals surface area contributed by atoms with Crippen LogP contribution < -0.4 is 5.73 Å². The second kappa shape index (κ2) is 6.36. The van der Waals surface area contributed by atoms with E-state index in [9.17, 15) is 9.59 Å². The van der Waals surface area contributed by atoms with Crippen molar-refractivity contribution < 1.29 is 14.3 Å². The summed E-state index contributed by atoms with van der Waals surface area (Å²) in [5.41, 5.74) is 6.89. The average molecular weight is 318 g/mol. The standard InChI is InChI=1S/C16H22N4O3/c1-8(2)13-6-11(16(22)23-10(5)14(17)21)12-7-18-20(9(3)4)15(12)19-13/h6-10H,1-5H3,(H2,17,21)/t10-/m1/s1. The summed E-state index contributed by atoms with van der Waals surface area (Å²) < 4.78 is 6.89. The molecule has 1 amide bonds. The fourth-order valence-corrected chi connectivity index (χ4v) is 2.16. The minimum atomic E-state index is -0.992. The molecule has 2 N–H and O–H groups in total. The molecule has 0 aliphatic rings. The zero-order valence-electron chi connectivity index (χ0n) is 14.0. The van der Waals surface area contributed by atoms with Gasteiger partial charge in [0.25, 0.3) is 5.91 Å². The fourth-order valence-electron chi connectivity index (χ4n) is 2.16. The van der Waals surface area contributed by atoms with Crippen LogP contribution in [-0.2, 0) is 9.53 Å². The molecule has 23 heavy (non-hydrogen) atoms. The number of rotatable bonds is 5. The van der Waals surface area contributed by atoms with Crippen molar-refractivity contribution in [1.82, 2.24) is 14.8 Å². The first-order valence-corrected chi connectivity index (χ1v) is 7.60. The van der Waals surface area contributed by atoms with Crippen LogP contribution in [0.15, 0.2) is 12.3 Å². The highest BCUT2D eigenvalue weighted by Crippen LogP contribution is 2.25. The van der Waals surface area contributed by atoms with E-state index in [0.29, 0.717) is 16.6 Å². The Labute approximate surface area is 134 Å². The number of fused-ring (bicyclic) bond motifs is 1. The average Bonchev–Trinajstić information content (AvgIpc) is 2.89. The first-order valence-electron chi connectivity index (χ1n) is 7.60. The van der Waals surface area contributed by atoms with Gasteiger partial charge in [-0.25, -0.2) is 14.5 Å². The molecule has 0 aliphatic carbocycles. The van der Waals surface area contributed by atoms with Gasteiger partial charge in [0.15, 0.2) is 11.8 Å². The number of aromatic nitrogens is 3. The van der Waals surface area contributed by atoms with Gasteiger partial charge in [-0.05, 0) is 32.8 Å². The number of carbonyl (C=O) groups excluding carboxylic acids is 2. The van der Waals surface area contributed by atoms with Gasteiger partial charge in [-0.15, -0.1) is 0 Å². The van der Waals surface area contributed by atoms with Gasteiger partial charge in [-0.1, -0.05) is 13.8 Å². The first-order chi connectivity index (χ1) is 10.7. The largest absolute Gasteiger partial charge is 0.449 e. The molecule has 1 atom stereocenters. The van der Waals surface area contributed by atoms with Crippen molar-refractivity contribution in [2.24, 2.45) is 5.73 Å². The minimum Gasteiger partial charge on any atom is -0.449 e. The highest BCUT2D eigenvalue weighted by Gasteiger charge is 2.22. The van der Waals surface area contributed by atoms with E-state index in [0.717, 1.165) is 5.69 Å². The number of hydrogen-bond acceptors (Lipinski definition) is 5. The van der Waals surface area contributed by atoms with Crippen molar-refractivity contribution in [1.29, 1.82) is 0 Å². The third kappa shape index (κ3) is 3.33. The van der Waals surface area contributed by atoms with Crippen molar-refractivity contribution in [3.63, 3.8) is 0 Å². The Morgan fingerprint density at radius 1 is 1.22 bits per heavy atom. The summed E-state index contributed by atoms with van der Waals surface area (Å²) in [4.78, 5) is 28.2. The molecule has 0 unspecified atom stereocenters. The summed E-state index contributed by atoms with van der Waals surface area (Å²) in [6.45, 7) is 9.41. The molecule has 0 radical (unpaired) electrons. The SMILES string of the molecule is CC(C)c1cc(C(=O)O[C@H](C)C(N)=O)c2cnn(C(C)C)c2n1. The van der Waals surface area contributed by atoms with Crippen molar-refractivity contribution in [2.75, 3.05) is 0 Å². The summed E-state index contributed by atoms with van der Waals surface area (Å²) in [5.74, 6) is -1.16. The lowest BCUT2D eigenvalue weighted by Crippen LogP contribution is -2.30. The minimum absolute atomic E-state index is 0.107. The molecular weight excluding hydrogens is 296 g/mol. The van der Waals surface area contributed by atoms with Crippen LogP contribution in [0, 0.1) is 0 Å². The van der Waals surface area contributed by atoms with Crippen LogP contribution in [0.5, 0.6) is 0 Å². The van der Waals surface area contributed by atoms with E-state index in [1.165, 1.54) is 6.92 Å². The second-order valence-electron chi connectivity index (χ2n) is 6.12. The molecule has 0 aliphatic heterocycles. The molecule has 0 saturated heterocycles. The maximum absolute atomic E-state index is 12.4. The van der Waals surface area contributed by atoms with Crippen LogP contribution >= 0.6 is 0 Å². The van der Waals surface area contributed by atoms with E-state index in [-0.39, 0.29) is 12.0 Å². The molecule has 0 aromatic carbocycles. The lowest BCUT2D eigenvalue weighted by Gasteiger charge is -2.13. The van der Waals surface area contributed by atoms with Crippen LogP contribution in [0.25, 0.3) is 11.0 Å². The van der Waals surface area contributed by atoms with Gasteiger partial charge in [-0.3, -0.25) is 4.79 Å². The number of amides is 1.